The van der Waals surface area contributed by atoms with Gasteiger partial charge in [-0.2, -0.15) is 0 Å². The molecule has 0 saturated heterocycles. The lowest BCUT2D eigenvalue weighted by molar-refractivity contribution is -0.107. The number of fused-ring (bicyclic) bond motifs is 1. The highest BCUT2D eigenvalue weighted by Crippen LogP contribution is 2.22. The molecule has 2 nitrogen and oxygen atoms in total. The van der Waals surface area contributed by atoms with Crippen molar-refractivity contribution in [1.29, 1.82) is 0 Å². The van der Waals surface area contributed by atoms with Crippen molar-refractivity contribution in [2.24, 2.45) is 0 Å². The van der Waals surface area contributed by atoms with Gasteiger partial charge < -0.3 is 9.78 Å². The first kappa shape index (κ1) is 9.97. The maximum Gasteiger partial charge on any atom is 0.120 e. The lowest BCUT2D eigenvalue weighted by Gasteiger charge is -1.98. The Balaban J connectivity index is 2.45. The summed E-state index contributed by atoms with van der Waals surface area (Å²) in [5, 5.41) is 1.27. The number of carbonyl (C=O) groups is 1. The van der Waals surface area contributed by atoms with Crippen LogP contribution < -0.4 is 0 Å². The molecule has 2 aromatic rings. The molecule has 0 aliphatic rings. The summed E-state index contributed by atoms with van der Waals surface area (Å²) in [7, 11) is 0. The lowest BCUT2D eigenvalue weighted by atomic mass is 10.1. The van der Waals surface area contributed by atoms with E-state index < -0.39 is 0 Å². The maximum atomic E-state index is 10.3. The fourth-order valence-corrected chi connectivity index (χ4v) is 1.89. The number of carbonyl (C=O) groups excluding carboxylic acids is 1. The maximum absolute atomic E-state index is 10.3. The van der Waals surface area contributed by atoms with E-state index >= 15 is 0 Å². The van der Waals surface area contributed by atoms with Gasteiger partial charge in [-0.15, -0.1) is 0 Å². The first-order chi connectivity index (χ1) is 7.22. The fourth-order valence-electron chi connectivity index (χ4n) is 1.89. The van der Waals surface area contributed by atoms with Crippen molar-refractivity contribution in [3.63, 3.8) is 0 Å². The van der Waals surface area contributed by atoms with Crippen LogP contribution in [0.4, 0.5) is 0 Å². The predicted molar refractivity (Wildman–Crippen MR) is 62.2 cm³/mol. The van der Waals surface area contributed by atoms with E-state index in [0.29, 0.717) is 6.42 Å². The van der Waals surface area contributed by atoms with Gasteiger partial charge in [0.05, 0.1) is 0 Å². The average molecular weight is 201 g/mol. The fraction of sp³-hybridized carbons (Fsp3) is 0.308. The zero-order chi connectivity index (χ0) is 10.8. The first-order valence-electron chi connectivity index (χ1n) is 5.24. The second-order valence-electron chi connectivity index (χ2n) is 3.96. The van der Waals surface area contributed by atoms with Gasteiger partial charge >= 0.3 is 0 Å². The minimum atomic E-state index is 0.605. The highest BCUT2D eigenvalue weighted by Gasteiger charge is 2.04. The number of H-pyrrole nitrogens is 1. The highest BCUT2D eigenvalue weighted by atomic mass is 16.1. The van der Waals surface area contributed by atoms with Crippen LogP contribution in [0.2, 0.25) is 0 Å². The Kier molecular flexibility index (Phi) is 2.58. The van der Waals surface area contributed by atoms with Crippen LogP contribution in [-0.2, 0) is 11.2 Å². The van der Waals surface area contributed by atoms with Gasteiger partial charge in [0.2, 0.25) is 0 Å². The Labute approximate surface area is 89.3 Å². The van der Waals surface area contributed by atoms with Crippen molar-refractivity contribution >= 4 is 17.2 Å². The van der Waals surface area contributed by atoms with Crippen LogP contribution >= 0.6 is 0 Å². The molecule has 2 heteroatoms. The number of benzene rings is 1. The Hall–Kier alpha value is -1.57. The number of nitrogens with one attached hydrogen (secondary N) is 1. The van der Waals surface area contributed by atoms with E-state index in [1.54, 1.807) is 0 Å². The van der Waals surface area contributed by atoms with Gasteiger partial charge in [0.25, 0.3) is 0 Å². The molecule has 0 saturated carbocycles. The summed E-state index contributed by atoms with van der Waals surface area (Å²) in [6.07, 6.45) is 2.41. The zero-order valence-corrected chi connectivity index (χ0v) is 9.13. The molecule has 0 amide bonds. The number of rotatable bonds is 3. The van der Waals surface area contributed by atoms with Crippen LogP contribution in [-0.4, -0.2) is 11.3 Å². The standard InChI is InChI=1S/C13H15NO/c1-9-10(2)14-13-6-5-11(4-3-7-15)8-12(9)13/h5-8,14H,3-4H2,1-2H3. The largest absolute Gasteiger partial charge is 0.358 e. The predicted octanol–water partition coefficient (Wildman–Crippen LogP) is 2.92. The highest BCUT2D eigenvalue weighted by molar-refractivity contribution is 5.85. The third-order valence-corrected chi connectivity index (χ3v) is 2.92. The second-order valence-corrected chi connectivity index (χ2v) is 3.96. The summed E-state index contributed by atoms with van der Waals surface area (Å²) in [5.74, 6) is 0. The zero-order valence-electron chi connectivity index (χ0n) is 9.13. The number of hydrogen-bond acceptors (Lipinski definition) is 1. The molecule has 0 fully saturated rings. The van der Waals surface area contributed by atoms with E-state index in [0.717, 1.165) is 12.7 Å². The average Bonchev–Trinajstić information content (AvgIpc) is 2.52. The molecule has 0 atom stereocenters. The summed E-state index contributed by atoms with van der Waals surface area (Å²) in [5.41, 5.74) is 4.94. The van der Waals surface area contributed by atoms with Crippen LogP contribution in [0.5, 0.6) is 0 Å². The molecular formula is C13H15NO. The molecule has 0 bridgehead atoms. The lowest BCUT2D eigenvalue weighted by Crippen LogP contribution is -1.85. The van der Waals surface area contributed by atoms with Crippen molar-refractivity contribution in [1.82, 2.24) is 4.98 Å². The minimum Gasteiger partial charge on any atom is -0.358 e. The van der Waals surface area contributed by atoms with Gasteiger partial charge in [-0.05, 0) is 43.5 Å². The molecule has 0 unspecified atom stereocenters. The molecule has 0 spiro atoms. The van der Waals surface area contributed by atoms with Gasteiger partial charge in [0.1, 0.15) is 6.29 Å². The van der Waals surface area contributed by atoms with Gasteiger partial charge in [0, 0.05) is 23.0 Å². The van der Waals surface area contributed by atoms with Gasteiger partial charge in [0.15, 0.2) is 0 Å². The van der Waals surface area contributed by atoms with Crippen LogP contribution in [0.3, 0.4) is 0 Å². The summed E-state index contributed by atoms with van der Waals surface area (Å²) in [6.45, 7) is 4.21. The molecule has 1 aromatic heterocycles. The van der Waals surface area contributed by atoms with Crippen molar-refractivity contribution in [2.45, 2.75) is 26.7 Å². The number of aldehydes is 1. The van der Waals surface area contributed by atoms with Gasteiger partial charge in [-0.1, -0.05) is 6.07 Å². The van der Waals surface area contributed by atoms with E-state index in [-0.39, 0.29) is 0 Å². The summed E-state index contributed by atoms with van der Waals surface area (Å²) < 4.78 is 0. The molecule has 0 aliphatic heterocycles. The molecule has 1 N–H and O–H groups in total. The first-order valence-corrected chi connectivity index (χ1v) is 5.24. The van der Waals surface area contributed by atoms with E-state index in [2.05, 4.69) is 37.0 Å². The Morgan fingerprint density at radius 2 is 2.13 bits per heavy atom. The SMILES string of the molecule is Cc1[nH]c2ccc(CCC=O)cc2c1C. The van der Waals surface area contributed by atoms with Gasteiger partial charge in [-0.25, -0.2) is 0 Å². The molecule has 2 rings (SSSR count). The van der Waals surface area contributed by atoms with Crippen molar-refractivity contribution < 1.29 is 4.79 Å². The Bertz CT molecular complexity index is 496. The normalized spacial score (nSPS) is 10.8. The quantitative estimate of drug-likeness (QED) is 0.761. The molecular weight excluding hydrogens is 186 g/mol. The molecule has 15 heavy (non-hydrogen) atoms. The van der Waals surface area contributed by atoms with Crippen molar-refractivity contribution in [3.8, 4) is 0 Å². The monoisotopic (exact) mass is 201 g/mol. The van der Waals surface area contributed by atoms with Crippen LogP contribution in [0.15, 0.2) is 18.2 Å². The molecule has 78 valence electrons. The molecule has 0 radical (unpaired) electrons. The third-order valence-electron chi connectivity index (χ3n) is 2.92. The molecule has 1 heterocycles. The van der Waals surface area contributed by atoms with E-state index in [1.165, 1.54) is 27.7 Å². The van der Waals surface area contributed by atoms with Gasteiger partial charge in [-0.3, -0.25) is 0 Å². The number of aromatic nitrogens is 1. The van der Waals surface area contributed by atoms with Crippen molar-refractivity contribution in [3.05, 3.63) is 35.0 Å². The summed E-state index contributed by atoms with van der Waals surface area (Å²) >= 11 is 0. The number of aromatic amines is 1. The van der Waals surface area contributed by atoms with Crippen LogP contribution in [0.1, 0.15) is 23.2 Å². The van der Waals surface area contributed by atoms with Crippen LogP contribution in [0.25, 0.3) is 10.9 Å². The second kappa shape index (κ2) is 3.89. The smallest absolute Gasteiger partial charge is 0.120 e. The number of hydrogen-bond donors (Lipinski definition) is 1. The third kappa shape index (κ3) is 1.80. The summed E-state index contributed by atoms with van der Waals surface area (Å²) in [4.78, 5) is 13.6. The Morgan fingerprint density at radius 1 is 1.33 bits per heavy atom. The Morgan fingerprint density at radius 3 is 2.87 bits per heavy atom. The molecule has 1 aromatic carbocycles. The van der Waals surface area contributed by atoms with E-state index in [1.807, 2.05) is 0 Å². The summed E-state index contributed by atoms with van der Waals surface area (Å²) in [6, 6.07) is 6.36. The van der Waals surface area contributed by atoms with E-state index in [4.69, 9.17) is 0 Å². The van der Waals surface area contributed by atoms with Crippen LogP contribution in [0, 0.1) is 13.8 Å². The number of aryl methyl sites for hydroxylation is 3. The van der Waals surface area contributed by atoms with E-state index in [9.17, 15) is 4.79 Å². The topological polar surface area (TPSA) is 32.9 Å². The van der Waals surface area contributed by atoms with Crippen molar-refractivity contribution in [2.75, 3.05) is 0 Å². The minimum absolute atomic E-state index is 0.605. The molecule has 0 aliphatic carbocycles.